The van der Waals surface area contributed by atoms with Crippen LogP contribution in [-0.2, 0) is 9.47 Å². The molecular formula is C16H28N2O4. The number of amides is 2. The molecule has 2 amide bonds. The largest absolute Gasteiger partial charge is 0.449 e. The van der Waals surface area contributed by atoms with Crippen LogP contribution in [0, 0.1) is 11.3 Å². The topological polar surface area (TPSA) is 59.1 Å². The van der Waals surface area contributed by atoms with Gasteiger partial charge in [0.15, 0.2) is 0 Å². The first-order chi connectivity index (χ1) is 10.1. The van der Waals surface area contributed by atoms with Crippen LogP contribution in [0.3, 0.4) is 0 Å². The number of nitrogens with zero attached hydrogens (tertiary/aromatic N) is 2. The molecule has 2 unspecified atom stereocenters. The number of hydrogen-bond acceptors (Lipinski definition) is 4. The Hall–Kier alpha value is -1.46. The van der Waals surface area contributed by atoms with Gasteiger partial charge in [-0.25, -0.2) is 9.59 Å². The highest BCUT2D eigenvalue weighted by molar-refractivity contribution is 5.68. The van der Waals surface area contributed by atoms with Gasteiger partial charge >= 0.3 is 12.2 Å². The van der Waals surface area contributed by atoms with Crippen LogP contribution in [-0.4, -0.2) is 61.4 Å². The van der Waals surface area contributed by atoms with Gasteiger partial charge in [-0.3, -0.25) is 0 Å². The van der Waals surface area contributed by atoms with E-state index in [4.69, 9.17) is 9.47 Å². The number of rotatable bonds is 2. The summed E-state index contributed by atoms with van der Waals surface area (Å²) in [6.45, 7) is 7.35. The van der Waals surface area contributed by atoms with E-state index in [2.05, 4.69) is 0 Å². The summed E-state index contributed by atoms with van der Waals surface area (Å²) in [6, 6.07) is 0. The van der Waals surface area contributed by atoms with Crippen LogP contribution < -0.4 is 0 Å². The maximum absolute atomic E-state index is 12.3. The van der Waals surface area contributed by atoms with Crippen molar-refractivity contribution in [1.82, 2.24) is 9.80 Å². The van der Waals surface area contributed by atoms with E-state index in [9.17, 15) is 9.59 Å². The van der Waals surface area contributed by atoms with Gasteiger partial charge in [0.1, 0.15) is 12.2 Å². The number of carbonyl (C=O) groups is 2. The van der Waals surface area contributed by atoms with Gasteiger partial charge in [-0.1, -0.05) is 0 Å². The predicted octanol–water partition coefficient (Wildman–Crippen LogP) is 2.72. The molecule has 0 aromatic carbocycles. The van der Waals surface area contributed by atoms with E-state index in [1.54, 1.807) is 19.0 Å². The van der Waals surface area contributed by atoms with Gasteiger partial charge in [0.25, 0.3) is 0 Å². The number of piperidine rings is 1. The molecular weight excluding hydrogens is 284 g/mol. The number of fused-ring (bicyclic) bond motifs is 2. The molecule has 0 aromatic heterocycles. The van der Waals surface area contributed by atoms with Gasteiger partial charge in [-0.05, 0) is 46.0 Å². The van der Waals surface area contributed by atoms with Crippen LogP contribution >= 0.6 is 0 Å². The third-order valence-electron chi connectivity index (χ3n) is 4.33. The molecule has 2 atom stereocenters. The van der Waals surface area contributed by atoms with E-state index >= 15 is 0 Å². The minimum absolute atomic E-state index is 0.106. The Kier molecular flexibility index (Phi) is 4.59. The molecule has 126 valence electrons. The maximum Gasteiger partial charge on any atom is 0.410 e. The Morgan fingerprint density at radius 2 is 2.00 bits per heavy atom. The zero-order valence-electron chi connectivity index (χ0n) is 14.3. The second kappa shape index (κ2) is 5.97. The fraction of sp³-hybridized carbons (Fsp3) is 0.875. The molecule has 2 rings (SSSR count). The quantitative estimate of drug-likeness (QED) is 0.786. The van der Waals surface area contributed by atoms with E-state index in [-0.39, 0.29) is 17.6 Å². The van der Waals surface area contributed by atoms with Gasteiger partial charge in [-0.2, -0.15) is 0 Å². The SMILES string of the molecule is CN(C)C(=O)OCC12CCC(CN(C(=O)OC(C)(C)C)C1)C2. The summed E-state index contributed by atoms with van der Waals surface area (Å²) < 4.78 is 10.9. The lowest BCUT2D eigenvalue weighted by molar-refractivity contribution is -0.00995. The molecule has 6 heteroatoms. The molecule has 1 saturated carbocycles. The lowest BCUT2D eigenvalue weighted by Crippen LogP contribution is -2.49. The van der Waals surface area contributed by atoms with E-state index < -0.39 is 5.60 Å². The Morgan fingerprint density at radius 3 is 2.59 bits per heavy atom. The third kappa shape index (κ3) is 4.05. The molecule has 22 heavy (non-hydrogen) atoms. The molecule has 1 saturated heterocycles. The molecule has 0 N–H and O–H groups in total. The second-order valence-corrected chi connectivity index (χ2v) is 7.92. The van der Waals surface area contributed by atoms with Gasteiger partial charge in [0, 0.05) is 32.6 Å². The number of hydrogen-bond donors (Lipinski definition) is 0. The summed E-state index contributed by atoms with van der Waals surface area (Å²) in [4.78, 5) is 27.2. The molecule has 2 aliphatic rings. The zero-order valence-corrected chi connectivity index (χ0v) is 14.3. The molecule has 1 aliphatic heterocycles. The van der Waals surface area contributed by atoms with Gasteiger partial charge in [0.05, 0.1) is 0 Å². The molecule has 2 bridgehead atoms. The first-order valence-electron chi connectivity index (χ1n) is 7.92. The third-order valence-corrected chi connectivity index (χ3v) is 4.33. The lowest BCUT2D eigenvalue weighted by Gasteiger charge is -2.40. The summed E-state index contributed by atoms with van der Waals surface area (Å²) in [7, 11) is 3.34. The highest BCUT2D eigenvalue weighted by atomic mass is 16.6. The molecule has 0 radical (unpaired) electrons. The normalized spacial score (nSPS) is 27.5. The van der Waals surface area contributed by atoms with Crippen molar-refractivity contribution in [2.45, 2.75) is 45.6 Å². The average molecular weight is 312 g/mol. The summed E-state index contributed by atoms with van der Waals surface area (Å²) in [5.74, 6) is 0.485. The summed E-state index contributed by atoms with van der Waals surface area (Å²) in [5.41, 5.74) is -0.594. The summed E-state index contributed by atoms with van der Waals surface area (Å²) in [6.07, 6.45) is 2.51. The van der Waals surface area contributed by atoms with E-state index in [1.165, 1.54) is 4.90 Å². The van der Waals surface area contributed by atoms with E-state index in [0.717, 1.165) is 25.8 Å². The Morgan fingerprint density at radius 1 is 1.32 bits per heavy atom. The number of carbonyl (C=O) groups excluding carboxylic acids is 2. The molecule has 2 fully saturated rings. The fourth-order valence-corrected chi connectivity index (χ4v) is 3.39. The van der Waals surface area contributed by atoms with Crippen LogP contribution in [0.4, 0.5) is 9.59 Å². The Labute approximate surface area is 132 Å². The van der Waals surface area contributed by atoms with E-state index in [0.29, 0.717) is 19.1 Å². The molecule has 0 spiro atoms. The Balaban J connectivity index is 1.98. The van der Waals surface area contributed by atoms with Crippen molar-refractivity contribution in [2.24, 2.45) is 11.3 Å². The minimum atomic E-state index is -0.488. The average Bonchev–Trinajstić information content (AvgIpc) is 2.69. The van der Waals surface area contributed by atoms with Crippen molar-refractivity contribution in [3.63, 3.8) is 0 Å². The van der Waals surface area contributed by atoms with Gasteiger partial charge in [0.2, 0.25) is 0 Å². The fourth-order valence-electron chi connectivity index (χ4n) is 3.39. The molecule has 1 aliphatic carbocycles. The van der Waals surface area contributed by atoms with Gasteiger partial charge in [-0.15, -0.1) is 0 Å². The number of ether oxygens (including phenoxy) is 2. The standard InChI is InChI=1S/C16H28N2O4/c1-15(2,3)22-14(20)18-9-12-6-7-16(8-12,10-18)11-21-13(19)17(4)5/h12H,6-11H2,1-5H3. The smallest absolute Gasteiger partial charge is 0.410 e. The highest BCUT2D eigenvalue weighted by Gasteiger charge is 2.47. The first kappa shape index (κ1) is 16.9. The molecule has 6 nitrogen and oxygen atoms in total. The monoisotopic (exact) mass is 312 g/mol. The zero-order chi connectivity index (χ0) is 16.5. The Bertz CT molecular complexity index is 444. The predicted molar refractivity (Wildman–Crippen MR) is 82.6 cm³/mol. The van der Waals surface area contributed by atoms with E-state index in [1.807, 2.05) is 20.8 Å². The molecule has 1 heterocycles. The van der Waals surface area contributed by atoms with Crippen LogP contribution in [0.5, 0.6) is 0 Å². The lowest BCUT2D eigenvalue weighted by atomic mass is 9.83. The van der Waals surface area contributed by atoms with Gasteiger partial charge < -0.3 is 19.3 Å². The van der Waals surface area contributed by atoms with Crippen LogP contribution in [0.25, 0.3) is 0 Å². The van der Waals surface area contributed by atoms with Crippen LogP contribution in [0.15, 0.2) is 0 Å². The van der Waals surface area contributed by atoms with Crippen molar-refractivity contribution in [2.75, 3.05) is 33.8 Å². The summed E-state index contributed by atoms with van der Waals surface area (Å²) >= 11 is 0. The second-order valence-electron chi connectivity index (χ2n) is 7.92. The van der Waals surface area contributed by atoms with Crippen LogP contribution in [0.2, 0.25) is 0 Å². The molecule has 0 aromatic rings. The van der Waals surface area contributed by atoms with Crippen molar-refractivity contribution >= 4 is 12.2 Å². The summed E-state index contributed by atoms with van der Waals surface area (Å²) in [5, 5.41) is 0. The first-order valence-corrected chi connectivity index (χ1v) is 7.92. The minimum Gasteiger partial charge on any atom is -0.449 e. The van der Waals surface area contributed by atoms with Crippen molar-refractivity contribution in [1.29, 1.82) is 0 Å². The highest BCUT2D eigenvalue weighted by Crippen LogP contribution is 2.46. The van der Waals surface area contributed by atoms with Crippen molar-refractivity contribution in [3.8, 4) is 0 Å². The van der Waals surface area contributed by atoms with Crippen LogP contribution in [0.1, 0.15) is 40.0 Å². The van der Waals surface area contributed by atoms with Crippen molar-refractivity contribution in [3.05, 3.63) is 0 Å². The van der Waals surface area contributed by atoms with Crippen molar-refractivity contribution < 1.29 is 19.1 Å². The maximum atomic E-state index is 12.3. The number of likely N-dealkylation sites (tertiary alicyclic amines) is 1.